The molecular weight excluding hydrogens is 699 g/mol. The third kappa shape index (κ3) is 12.1. The number of amides is 4. The van der Waals surface area contributed by atoms with Gasteiger partial charge in [0.2, 0.25) is 23.6 Å². The van der Waals surface area contributed by atoms with Gasteiger partial charge in [0.15, 0.2) is 0 Å². The summed E-state index contributed by atoms with van der Waals surface area (Å²) >= 11 is 0. The van der Waals surface area contributed by atoms with Crippen LogP contribution in [-0.4, -0.2) is 73.9 Å². The van der Waals surface area contributed by atoms with Crippen molar-refractivity contribution in [1.29, 1.82) is 0 Å². The molecule has 0 aliphatic carbocycles. The molecule has 0 atom stereocenters. The highest BCUT2D eigenvalue weighted by Gasteiger charge is 2.30. The summed E-state index contributed by atoms with van der Waals surface area (Å²) in [6.45, 7) is 12.6. The van der Waals surface area contributed by atoms with Crippen LogP contribution >= 0.6 is 21.6 Å². The van der Waals surface area contributed by atoms with Crippen LogP contribution in [0.5, 0.6) is 0 Å². The minimum absolute atomic E-state index is 0.0178. The summed E-state index contributed by atoms with van der Waals surface area (Å²) in [6, 6.07) is 15.3. The fourth-order valence-electron chi connectivity index (χ4n) is 5.90. The first kappa shape index (κ1) is 40.9. The zero-order valence-electron chi connectivity index (χ0n) is 31.2. The van der Waals surface area contributed by atoms with E-state index >= 15 is 0 Å². The molecule has 0 radical (unpaired) electrons. The number of carbonyl (C=O) groups is 4. The van der Waals surface area contributed by atoms with Crippen molar-refractivity contribution in [2.24, 2.45) is 5.73 Å². The number of fused-ring (bicyclic) bond motifs is 5. The summed E-state index contributed by atoms with van der Waals surface area (Å²) in [5, 5.41) is 14.7. The molecule has 0 fully saturated rings. The van der Waals surface area contributed by atoms with Crippen LogP contribution in [-0.2, 0) is 37.0 Å². The minimum Gasteiger partial charge on any atom is -0.375 e. The summed E-state index contributed by atoms with van der Waals surface area (Å²) in [4.78, 5) is 52.3. The van der Waals surface area contributed by atoms with Crippen molar-refractivity contribution in [1.82, 2.24) is 25.6 Å². The van der Waals surface area contributed by atoms with Crippen LogP contribution in [0, 0.1) is 0 Å². The first-order chi connectivity index (χ1) is 24.7. The number of benzene rings is 2. The number of anilines is 1. The van der Waals surface area contributed by atoms with E-state index in [4.69, 9.17) is 10.5 Å². The largest absolute Gasteiger partial charge is 0.375 e. The Morgan fingerprint density at radius 2 is 1.60 bits per heavy atom. The van der Waals surface area contributed by atoms with Crippen LogP contribution < -0.4 is 21.3 Å². The SMILES string of the molecule is CC(C)NC(=O)CCCSSCCC(C)(C)OCCC(C)(C)NC(=O)CCC(=O)N1Cc2ccccc2-c2c(nnn2CC(N)=O)-c2ccccc21. The van der Waals surface area contributed by atoms with Crippen molar-refractivity contribution >= 4 is 50.9 Å². The van der Waals surface area contributed by atoms with Crippen LogP contribution in [0.1, 0.15) is 85.6 Å². The molecule has 2 aromatic carbocycles. The lowest BCUT2D eigenvalue weighted by molar-refractivity contribution is -0.126. The Labute approximate surface area is 315 Å². The maximum Gasteiger partial charge on any atom is 0.239 e. The molecule has 2 heterocycles. The Kier molecular flexibility index (Phi) is 14.7. The van der Waals surface area contributed by atoms with Gasteiger partial charge in [0.05, 0.1) is 23.5 Å². The van der Waals surface area contributed by atoms with E-state index in [1.54, 1.807) is 26.5 Å². The fraction of sp³-hybridized carbons (Fsp3) is 0.526. The van der Waals surface area contributed by atoms with Gasteiger partial charge in [-0.1, -0.05) is 69.3 Å². The predicted molar refractivity (Wildman–Crippen MR) is 209 cm³/mol. The summed E-state index contributed by atoms with van der Waals surface area (Å²) in [7, 11) is 3.59. The molecule has 52 heavy (non-hydrogen) atoms. The highest BCUT2D eigenvalue weighted by atomic mass is 33.1. The number of rotatable bonds is 19. The molecule has 0 spiro atoms. The second-order valence-corrected chi connectivity index (χ2v) is 17.3. The molecule has 1 aliphatic heterocycles. The summed E-state index contributed by atoms with van der Waals surface area (Å²) < 4.78 is 7.73. The van der Waals surface area contributed by atoms with Gasteiger partial charge in [-0.15, -0.1) is 5.10 Å². The Bertz CT molecular complexity index is 1710. The molecule has 1 aliphatic rings. The Balaban J connectivity index is 1.27. The molecule has 0 unspecified atom stereocenters. The number of aromatic nitrogens is 3. The first-order valence-electron chi connectivity index (χ1n) is 17.8. The number of nitrogens with two attached hydrogens (primary N) is 1. The van der Waals surface area contributed by atoms with Gasteiger partial charge in [0.25, 0.3) is 0 Å². The van der Waals surface area contributed by atoms with Gasteiger partial charge < -0.3 is 26.0 Å². The Morgan fingerprint density at radius 3 is 2.33 bits per heavy atom. The standard InChI is InChI=1S/C38H53N7O5S2/c1-26(2)40-32(47)16-11-22-51-52-23-20-38(5,6)50-21-19-37(3,4)41-33(48)17-18-34(49)44-24-27-12-7-8-13-28(27)36-35(29-14-9-10-15-30(29)44)42-43-45(36)25-31(39)46/h7-10,12-15,26H,11,16-25H2,1-6H3,(H2,39,46)(H,40,47)(H,41,48). The van der Waals surface area contributed by atoms with Crippen molar-refractivity contribution in [2.45, 2.75) is 110 Å². The van der Waals surface area contributed by atoms with Crippen LogP contribution in [0.3, 0.4) is 0 Å². The van der Waals surface area contributed by atoms with Gasteiger partial charge in [-0.2, -0.15) is 0 Å². The molecule has 12 nitrogen and oxygen atoms in total. The number of para-hydroxylation sites is 1. The van der Waals surface area contributed by atoms with Crippen LogP contribution in [0.4, 0.5) is 5.69 Å². The van der Waals surface area contributed by atoms with Crippen molar-refractivity contribution in [3.8, 4) is 22.5 Å². The molecule has 0 bridgehead atoms. The quantitative estimate of drug-likeness (QED) is 0.100. The highest BCUT2D eigenvalue weighted by Crippen LogP contribution is 2.41. The summed E-state index contributed by atoms with van der Waals surface area (Å²) in [6.07, 6.45) is 2.96. The van der Waals surface area contributed by atoms with E-state index in [9.17, 15) is 19.2 Å². The van der Waals surface area contributed by atoms with E-state index in [1.807, 2.05) is 76.2 Å². The lowest BCUT2D eigenvalue weighted by Gasteiger charge is -2.30. The van der Waals surface area contributed by atoms with Gasteiger partial charge in [0, 0.05) is 60.1 Å². The highest BCUT2D eigenvalue weighted by molar-refractivity contribution is 8.76. The van der Waals surface area contributed by atoms with Crippen LogP contribution in [0.25, 0.3) is 22.5 Å². The predicted octanol–water partition coefficient (Wildman–Crippen LogP) is 5.88. The molecule has 0 saturated heterocycles. The topological polar surface area (TPSA) is 162 Å². The zero-order chi connectivity index (χ0) is 37.9. The number of carbonyl (C=O) groups excluding carboxylic acids is 4. The normalized spacial score (nSPS) is 12.7. The summed E-state index contributed by atoms with van der Waals surface area (Å²) in [5.74, 6) is 1.05. The monoisotopic (exact) mass is 751 g/mol. The third-order valence-electron chi connectivity index (χ3n) is 8.61. The van der Waals surface area contributed by atoms with Crippen LogP contribution in [0.15, 0.2) is 48.5 Å². The molecule has 1 aromatic heterocycles. The molecule has 4 rings (SSSR count). The molecule has 0 saturated carbocycles. The lowest BCUT2D eigenvalue weighted by Crippen LogP contribution is -2.45. The summed E-state index contributed by atoms with van der Waals surface area (Å²) in [5.41, 5.74) is 8.90. The molecule has 4 amide bonds. The van der Waals surface area contributed by atoms with Gasteiger partial charge in [0.1, 0.15) is 12.2 Å². The number of hydrogen-bond donors (Lipinski definition) is 3. The average molecular weight is 752 g/mol. The van der Waals surface area contributed by atoms with E-state index in [1.165, 1.54) is 4.68 Å². The van der Waals surface area contributed by atoms with Gasteiger partial charge in [-0.3, -0.25) is 19.2 Å². The maximum atomic E-state index is 13.9. The second kappa shape index (κ2) is 18.7. The van der Waals surface area contributed by atoms with Gasteiger partial charge in [-0.05, 0) is 72.4 Å². The minimum atomic E-state index is -0.534. The number of nitrogens with zero attached hydrogens (tertiary/aromatic N) is 4. The molecule has 4 N–H and O–H groups in total. The van der Waals surface area contributed by atoms with E-state index in [0.717, 1.165) is 35.5 Å². The lowest BCUT2D eigenvalue weighted by atomic mass is 9.95. The van der Waals surface area contributed by atoms with Crippen molar-refractivity contribution in [2.75, 3.05) is 23.0 Å². The smallest absolute Gasteiger partial charge is 0.239 e. The van der Waals surface area contributed by atoms with E-state index in [-0.39, 0.29) is 55.3 Å². The van der Waals surface area contributed by atoms with Crippen molar-refractivity contribution < 1.29 is 23.9 Å². The molecular formula is C38H53N7O5S2. The Hall–Kier alpha value is -3.88. The van der Waals surface area contributed by atoms with Gasteiger partial charge >= 0.3 is 0 Å². The van der Waals surface area contributed by atoms with Gasteiger partial charge in [-0.25, -0.2) is 4.68 Å². The average Bonchev–Trinajstić information content (AvgIpc) is 3.46. The maximum absolute atomic E-state index is 13.9. The van der Waals surface area contributed by atoms with E-state index < -0.39 is 11.4 Å². The molecule has 282 valence electrons. The molecule has 3 aromatic rings. The van der Waals surface area contributed by atoms with Crippen molar-refractivity contribution in [3.63, 3.8) is 0 Å². The first-order valence-corrected chi connectivity index (χ1v) is 20.3. The number of ether oxygens (including phenoxy) is 1. The Morgan fingerprint density at radius 1 is 0.904 bits per heavy atom. The van der Waals surface area contributed by atoms with E-state index in [2.05, 4.69) is 34.8 Å². The number of primary amides is 1. The second-order valence-electron chi connectivity index (χ2n) is 14.6. The number of nitrogens with one attached hydrogen (secondary N) is 2. The van der Waals surface area contributed by atoms with Crippen molar-refractivity contribution in [3.05, 3.63) is 54.1 Å². The molecule has 14 heteroatoms. The zero-order valence-corrected chi connectivity index (χ0v) is 32.8. The number of hydrogen-bond acceptors (Lipinski definition) is 9. The third-order valence-corrected chi connectivity index (χ3v) is 11.1. The van der Waals surface area contributed by atoms with E-state index in [0.29, 0.717) is 42.1 Å². The van der Waals surface area contributed by atoms with Crippen LogP contribution in [0.2, 0.25) is 0 Å². The fourth-order valence-corrected chi connectivity index (χ4v) is 8.28.